The van der Waals surface area contributed by atoms with Crippen molar-refractivity contribution >= 4 is 5.91 Å². The molecule has 0 bridgehead atoms. The van der Waals surface area contributed by atoms with E-state index >= 15 is 0 Å². The molecule has 5 nitrogen and oxygen atoms in total. The first-order valence-corrected chi connectivity index (χ1v) is 6.34. The molecule has 0 aliphatic carbocycles. The molecule has 0 fully saturated rings. The fourth-order valence-electron chi connectivity index (χ4n) is 1.41. The lowest BCUT2D eigenvalue weighted by Crippen LogP contribution is -2.40. The third kappa shape index (κ3) is 5.26. The molecule has 0 aromatic carbocycles. The molecule has 1 rings (SSSR count). The summed E-state index contributed by atoms with van der Waals surface area (Å²) in [7, 11) is 1.57. The number of rotatable bonds is 5. The van der Waals surface area contributed by atoms with Crippen molar-refractivity contribution in [2.45, 2.75) is 39.8 Å². The minimum absolute atomic E-state index is 0.0433. The van der Waals surface area contributed by atoms with Gasteiger partial charge in [0.25, 0.3) is 0 Å². The zero-order valence-electron chi connectivity index (χ0n) is 12.1. The molecule has 106 valence electrons. The third-order valence-electron chi connectivity index (χ3n) is 3.01. The van der Waals surface area contributed by atoms with Crippen molar-refractivity contribution < 1.29 is 9.53 Å². The zero-order chi connectivity index (χ0) is 14.5. The maximum atomic E-state index is 11.8. The van der Waals surface area contributed by atoms with Crippen molar-refractivity contribution in [3.05, 3.63) is 23.9 Å². The number of carbonyl (C=O) groups is 1. The minimum Gasteiger partial charge on any atom is -0.481 e. The van der Waals surface area contributed by atoms with Gasteiger partial charge in [-0.05, 0) is 11.0 Å². The first kappa shape index (κ1) is 15.4. The monoisotopic (exact) mass is 265 g/mol. The van der Waals surface area contributed by atoms with E-state index < -0.39 is 0 Å². The van der Waals surface area contributed by atoms with Crippen molar-refractivity contribution in [3.8, 4) is 5.88 Å². The summed E-state index contributed by atoms with van der Waals surface area (Å²) in [5.74, 6) is 0.517. The molecule has 0 aliphatic heterocycles. The molecule has 0 radical (unpaired) electrons. The molecule has 19 heavy (non-hydrogen) atoms. The largest absolute Gasteiger partial charge is 0.481 e. The van der Waals surface area contributed by atoms with Crippen LogP contribution in [0.4, 0.5) is 0 Å². The van der Waals surface area contributed by atoms with Crippen LogP contribution in [0.1, 0.15) is 32.8 Å². The van der Waals surface area contributed by atoms with Crippen molar-refractivity contribution in [2.75, 3.05) is 7.11 Å². The first-order valence-electron chi connectivity index (χ1n) is 6.34. The fraction of sp³-hybridized carbons (Fsp3) is 0.571. The van der Waals surface area contributed by atoms with Gasteiger partial charge in [-0.25, -0.2) is 4.98 Å². The van der Waals surface area contributed by atoms with Crippen LogP contribution in [0.15, 0.2) is 18.3 Å². The predicted octanol–water partition coefficient (Wildman–Crippen LogP) is 1.47. The number of hydrogen-bond donors (Lipinski definition) is 2. The number of nitrogens with two attached hydrogens (primary N) is 1. The van der Waals surface area contributed by atoms with Crippen LogP contribution >= 0.6 is 0 Å². The minimum atomic E-state index is -0.151. The summed E-state index contributed by atoms with van der Waals surface area (Å²) in [6, 6.07) is 3.49. The summed E-state index contributed by atoms with van der Waals surface area (Å²) < 4.78 is 4.97. The molecular weight excluding hydrogens is 242 g/mol. The van der Waals surface area contributed by atoms with Gasteiger partial charge >= 0.3 is 0 Å². The van der Waals surface area contributed by atoms with E-state index in [0.717, 1.165) is 5.56 Å². The summed E-state index contributed by atoms with van der Waals surface area (Å²) in [5, 5.41) is 2.84. The molecule has 5 heteroatoms. The lowest BCUT2D eigenvalue weighted by atomic mass is 9.85. The number of methoxy groups -OCH3 is 1. The Morgan fingerprint density at radius 3 is 2.63 bits per heavy atom. The van der Waals surface area contributed by atoms with Gasteiger partial charge in [0.2, 0.25) is 11.8 Å². The smallest absolute Gasteiger partial charge is 0.221 e. The highest BCUT2D eigenvalue weighted by molar-refractivity contribution is 5.76. The van der Waals surface area contributed by atoms with Gasteiger partial charge in [0.1, 0.15) is 0 Å². The number of aromatic nitrogens is 1. The van der Waals surface area contributed by atoms with E-state index in [2.05, 4.69) is 10.3 Å². The number of amides is 1. The Bertz CT molecular complexity index is 410. The molecular formula is C14H23N3O2. The Balaban J connectivity index is 2.41. The Kier molecular flexibility index (Phi) is 5.30. The highest BCUT2D eigenvalue weighted by Crippen LogP contribution is 2.19. The number of ether oxygens (including phenoxy) is 1. The molecule has 0 saturated carbocycles. The predicted molar refractivity (Wildman–Crippen MR) is 74.7 cm³/mol. The van der Waals surface area contributed by atoms with Crippen LogP contribution < -0.4 is 15.8 Å². The summed E-state index contributed by atoms with van der Waals surface area (Å²) in [4.78, 5) is 15.8. The van der Waals surface area contributed by atoms with E-state index in [4.69, 9.17) is 10.5 Å². The lowest BCUT2D eigenvalue weighted by molar-refractivity contribution is -0.122. The van der Waals surface area contributed by atoms with E-state index in [1.54, 1.807) is 19.4 Å². The Morgan fingerprint density at radius 2 is 2.16 bits per heavy atom. The normalized spacial score (nSPS) is 12.9. The number of hydrogen-bond acceptors (Lipinski definition) is 4. The summed E-state index contributed by atoms with van der Waals surface area (Å²) in [5.41, 5.74) is 6.83. The maximum absolute atomic E-state index is 11.8. The van der Waals surface area contributed by atoms with Crippen LogP contribution in [0, 0.1) is 5.41 Å². The second kappa shape index (κ2) is 6.52. The number of pyridine rings is 1. The zero-order valence-corrected chi connectivity index (χ0v) is 12.1. The van der Waals surface area contributed by atoms with Crippen molar-refractivity contribution in [3.63, 3.8) is 0 Å². The molecule has 1 unspecified atom stereocenters. The van der Waals surface area contributed by atoms with E-state index in [1.165, 1.54) is 0 Å². The average Bonchev–Trinajstić information content (AvgIpc) is 2.35. The van der Waals surface area contributed by atoms with Crippen molar-refractivity contribution in [1.29, 1.82) is 0 Å². The summed E-state index contributed by atoms with van der Waals surface area (Å²) in [6.45, 7) is 6.53. The van der Waals surface area contributed by atoms with Crippen LogP contribution in [-0.4, -0.2) is 24.0 Å². The molecule has 1 amide bonds. The van der Waals surface area contributed by atoms with Gasteiger partial charge in [0.05, 0.1) is 7.11 Å². The number of nitrogens with zero attached hydrogens (tertiary/aromatic N) is 1. The molecule has 0 spiro atoms. The number of nitrogens with one attached hydrogen (secondary N) is 1. The van der Waals surface area contributed by atoms with E-state index in [9.17, 15) is 4.79 Å². The van der Waals surface area contributed by atoms with Gasteiger partial charge in [-0.15, -0.1) is 0 Å². The first-order chi connectivity index (χ1) is 8.82. The molecule has 0 aliphatic rings. The second-order valence-electron chi connectivity index (χ2n) is 5.66. The van der Waals surface area contributed by atoms with E-state index in [-0.39, 0.29) is 17.4 Å². The van der Waals surface area contributed by atoms with Gasteiger partial charge < -0.3 is 15.8 Å². The van der Waals surface area contributed by atoms with Crippen LogP contribution in [0.2, 0.25) is 0 Å². The van der Waals surface area contributed by atoms with Gasteiger partial charge in [-0.1, -0.05) is 26.8 Å². The molecule has 1 atom stereocenters. The van der Waals surface area contributed by atoms with Crippen molar-refractivity contribution in [2.24, 2.45) is 11.1 Å². The Morgan fingerprint density at radius 1 is 1.47 bits per heavy atom. The van der Waals surface area contributed by atoms with Crippen LogP contribution in [0.3, 0.4) is 0 Å². The molecule has 3 N–H and O–H groups in total. The Hall–Kier alpha value is -1.62. The van der Waals surface area contributed by atoms with Gasteiger partial charge in [-0.2, -0.15) is 0 Å². The summed E-state index contributed by atoms with van der Waals surface area (Å²) >= 11 is 0. The maximum Gasteiger partial charge on any atom is 0.221 e. The van der Waals surface area contributed by atoms with Crippen molar-refractivity contribution in [1.82, 2.24) is 10.3 Å². The summed E-state index contributed by atoms with van der Waals surface area (Å²) in [6.07, 6.45) is 2.01. The quantitative estimate of drug-likeness (QED) is 0.845. The SMILES string of the molecule is COc1ccc(CNC(=O)CC(N)C(C)(C)C)cn1. The van der Waals surface area contributed by atoms with E-state index in [1.807, 2.05) is 26.8 Å². The topological polar surface area (TPSA) is 77.2 Å². The molecule has 0 saturated heterocycles. The molecule has 1 aromatic rings. The third-order valence-corrected chi connectivity index (χ3v) is 3.01. The highest BCUT2D eigenvalue weighted by atomic mass is 16.5. The molecule has 1 heterocycles. The molecule has 1 aromatic heterocycles. The van der Waals surface area contributed by atoms with E-state index in [0.29, 0.717) is 18.8 Å². The van der Waals surface area contributed by atoms with Crippen LogP contribution in [0.5, 0.6) is 5.88 Å². The lowest BCUT2D eigenvalue weighted by Gasteiger charge is -2.26. The van der Waals surface area contributed by atoms with Gasteiger partial charge in [0.15, 0.2) is 0 Å². The van der Waals surface area contributed by atoms with Crippen LogP contribution in [-0.2, 0) is 11.3 Å². The van der Waals surface area contributed by atoms with Crippen LogP contribution in [0.25, 0.3) is 0 Å². The second-order valence-corrected chi connectivity index (χ2v) is 5.66. The standard InChI is InChI=1S/C14H23N3O2/c1-14(2,3)11(15)7-12(18)16-8-10-5-6-13(19-4)17-9-10/h5-6,9,11H,7-8,15H2,1-4H3,(H,16,18). The Labute approximate surface area is 114 Å². The number of carbonyl (C=O) groups excluding carboxylic acids is 1. The average molecular weight is 265 g/mol. The van der Waals surface area contributed by atoms with Gasteiger partial charge in [0, 0.05) is 31.3 Å². The van der Waals surface area contributed by atoms with Gasteiger partial charge in [-0.3, -0.25) is 4.79 Å². The fourth-order valence-corrected chi connectivity index (χ4v) is 1.41. The highest BCUT2D eigenvalue weighted by Gasteiger charge is 2.22.